The van der Waals surface area contributed by atoms with E-state index in [0.717, 1.165) is 12.5 Å². The van der Waals surface area contributed by atoms with Gasteiger partial charge in [-0.3, -0.25) is 0 Å². The van der Waals surface area contributed by atoms with Gasteiger partial charge in [0.15, 0.2) is 0 Å². The van der Waals surface area contributed by atoms with Crippen LogP contribution in [0.4, 0.5) is 0 Å². The van der Waals surface area contributed by atoms with Crippen LogP contribution >= 0.6 is 11.3 Å². The van der Waals surface area contributed by atoms with Crippen molar-refractivity contribution in [3.63, 3.8) is 0 Å². The summed E-state index contributed by atoms with van der Waals surface area (Å²) in [6.45, 7) is 2.19. The maximum atomic E-state index is 4.31. The number of nitrogens with zero attached hydrogens (tertiary/aromatic N) is 2. The van der Waals surface area contributed by atoms with Gasteiger partial charge in [-0.1, -0.05) is 12.2 Å². The predicted octanol–water partition coefficient (Wildman–Crippen LogP) is 2.93. The molecular weight excluding hydrogens is 204 g/mol. The molecule has 2 rings (SSSR count). The summed E-state index contributed by atoms with van der Waals surface area (Å²) in [6.07, 6.45) is 8.48. The van der Waals surface area contributed by atoms with E-state index in [-0.39, 0.29) is 0 Å². The molecule has 0 aromatic carbocycles. The summed E-state index contributed by atoms with van der Waals surface area (Å²) in [5.74, 6) is 0.846. The highest BCUT2D eigenvalue weighted by molar-refractivity contribution is 7.07. The summed E-state index contributed by atoms with van der Waals surface area (Å²) in [5.41, 5.74) is 3.11. The zero-order chi connectivity index (χ0) is 10.5. The number of rotatable bonds is 4. The van der Waals surface area contributed by atoms with Crippen molar-refractivity contribution in [2.45, 2.75) is 25.8 Å². The molecule has 3 heteroatoms. The molecule has 2 nitrogen and oxygen atoms in total. The molecule has 0 saturated heterocycles. The van der Waals surface area contributed by atoms with E-state index in [1.807, 2.05) is 5.51 Å². The molecule has 0 saturated carbocycles. The van der Waals surface area contributed by atoms with Gasteiger partial charge in [0.25, 0.3) is 0 Å². The number of allylic oxidation sites excluding steroid dienone is 2. The lowest BCUT2D eigenvalue weighted by atomic mass is 9.94. The first kappa shape index (κ1) is 10.8. The smallest absolute Gasteiger partial charge is 0.0795 e. The Balaban J connectivity index is 1.76. The predicted molar refractivity (Wildman–Crippen MR) is 64.9 cm³/mol. The molecule has 1 heterocycles. The van der Waals surface area contributed by atoms with E-state index < -0.39 is 0 Å². The molecule has 82 valence electrons. The van der Waals surface area contributed by atoms with Crippen LogP contribution in [-0.4, -0.2) is 23.5 Å². The zero-order valence-corrected chi connectivity index (χ0v) is 10.0. The Hall–Kier alpha value is -0.670. The van der Waals surface area contributed by atoms with Crippen molar-refractivity contribution in [1.82, 2.24) is 9.88 Å². The zero-order valence-electron chi connectivity index (χ0n) is 9.22. The minimum atomic E-state index is 0.846. The van der Waals surface area contributed by atoms with Gasteiger partial charge in [-0.25, -0.2) is 4.98 Å². The van der Waals surface area contributed by atoms with E-state index in [1.54, 1.807) is 11.3 Å². The fourth-order valence-electron chi connectivity index (χ4n) is 2.12. The third-order valence-electron chi connectivity index (χ3n) is 2.86. The van der Waals surface area contributed by atoms with Crippen LogP contribution in [0.3, 0.4) is 0 Å². The lowest BCUT2D eigenvalue weighted by Gasteiger charge is -2.24. The Bertz CT molecular complexity index is 305. The Morgan fingerprint density at radius 3 is 3.13 bits per heavy atom. The van der Waals surface area contributed by atoms with Crippen molar-refractivity contribution in [2.75, 3.05) is 13.6 Å². The number of thiazole rings is 1. The van der Waals surface area contributed by atoms with Crippen LogP contribution in [0.1, 0.15) is 25.0 Å². The Morgan fingerprint density at radius 2 is 2.47 bits per heavy atom. The van der Waals surface area contributed by atoms with Crippen molar-refractivity contribution in [3.8, 4) is 0 Å². The van der Waals surface area contributed by atoms with Crippen LogP contribution in [0.25, 0.3) is 0 Å². The monoisotopic (exact) mass is 222 g/mol. The third kappa shape index (κ3) is 3.43. The van der Waals surface area contributed by atoms with E-state index in [4.69, 9.17) is 0 Å². The topological polar surface area (TPSA) is 16.1 Å². The van der Waals surface area contributed by atoms with Crippen molar-refractivity contribution in [3.05, 3.63) is 28.7 Å². The summed E-state index contributed by atoms with van der Waals surface area (Å²) < 4.78 is 0. The highest BCUT2D eigenvalue weighted by Gasteiger charge is 2.12. The summed E-state index contributed by atoms with van der Waals surface area (Å²) in [5, 5.41) is 2.14. The largest absolute Gasteiger partial charge is 0.300 e. The van der Waals surface area contributed by atoms with Crippen molar-refractivity contribution in [1.29, 1.82) is 0 Å². The molecule has 0 amide bonds. The molecule has 1 atom stereocenters. The Kier molecular flexibility index (Phi) is 3.92. The molecule has 0 spiro atoms. The molecular formula is C12H18N2S. The molecule has 0 unspecified atom stereocenters. The van der Waals surface area contributed by atoms with E-state index in [0.29, 0.717) is 0 Å². The van der Waals surface area contributed by atoms with Gasteiger partial charge in [0.1, 0.15) is 0 Å². The van der Waals surface area contributed by atoms with Crippen molar-refractivity contribution in [2.24, 2.45) is 5.92 Å². The molecule has 1 aromatic rings. The summed E-state index contributed by atoms with van der Waals surface area (Å²) in [4.78, 5) is 6.70. The van der Waals surface area contributed by atoms with E-state index in [9.17, 15) is 0 Å². The highest BCUT2D eigenvalue weighted by Crippen LogP contribution is 2.19. The molecule has 15 heavy (non-hydrogen) atoms. The standard InChI is InChI=1S/C12H18N2S/c1-14(8-12-9-15-10-13-12)7-11-5-3-2-4-6-11/h2-3,9-11H,4-8H2,1H3/t11-/m0/s1. The second-order valence-corrected chi connectivity index (χ2v) is 5.05. The summed E-state index contributed by atoms with van der Waals surface area (Å²) in [6, 6.07) is 0. The van der Waals surface area contributed by atoms with Crippen LogP contribution in [0.15, 0.2) is 23.0 Å². The SMILES string of the molecule is CN(Cc1cscn1)C[C@H]1CC=CCC1. The third-order valence-corrected chi connectivity index (χ3v) is 3.50. The summed E-state index contributed by atoms with van der Waals surface area (Å²) >= 11 is 1.68. The molecule has 0 fully saturated rings. The molecule has 1 aromatic heterocycles. The second kappa shape index (κ2) is 5.42. The highest BCUT2D eigenvalue weighted by atomic mass is 32.1. The van der Waals surface area contributed by atoms with Gasteiger partial charge < -0.3 is 4.90 Å². The van der Waals surface area contributed by atoms with Crippen LogP contribution < -0.4 is 0 Å². The van der Waals surface area contributed by atoms with E-state index >= 15 is 0 Å². The van der Waals surface area contributed by atoms with E-state index in [1.165, 1.54) is 31.5 Å². The van der Waals surface area contributed by atoms with Gasteiger partial charge in [-0.2, -0.15) is 0 Å². The first-order valence-corrected chi connectivity index (χ1v) is 6.49. The molecule has 0 bridgehead atoms. The van der Waals surface area contributed by atoms with Gasteiger partial charge in [0.2, 0.25) is 0 Å². The lowest BCUT2D eigenvalue weighted by Crippen LogP contribution is -2.26. The van der Waals surface area contributed by atoms with Crippen LogP contribution in [0.2, 0.25) is 0 Å². The lowest BCUT2D eigenvalue weighted by molar-refractivity contribution is 0.256. The number of aromatic nitrogens is 1. The molecule has 1 aliphatic carbocycles. The van der Waals surface area contributed by atoms with Gasteiger partial charge in [-0.05, 0) is 32.2 Å². The first-order valence-electron chi connectivity index (χ1n) is 5.55. The van der Waals surface area contributed by atoms with E-state index in [2.05, 4.69) is 34.5 Å². The number of hydrogen-bond acceptors (Lipinski definition) is 3. The Labute approximate surface area is 95.6 Å². The average molecular weight is 222 g/mol. The minimum Gasteiger partial charge on any atom is -0.300 e. The normalized spacial score (nSPS) is 21.1. The van der Waals surface area contributed by atoms with Crippen molar-refractivity contribution < 1.29 is 0 Å². The maximum Gasteiger partial charge on any atom is 0.0795 e. The fourth-order valence-corrected chi connectivity index (χ4v) is 2.67. The second-order valence-electron chi connectivity index (χ2n) is 4.33. The van der Waals surface area contributed by atoms with Crippen LogP contribution in [-0.2, 0) is 6.54 Å². The average Bonchev–Trinajstić information content (AvgIpc) is 2.71. The first-order chi connectivity index (χ1) is 7.34. The quantitative estimate of drug-likeness (QED) is 0.728. The maximum absolute atomic E-state index is 4.31. The molecule has 0 aliphatic heterocycles. The van der Waals surface area contributed by atoms with Crippen LogP contribution in [0.5, 0.6) is 0 Å². The van der Waals surface area contributed by atoms with Gasteiger partial charge in [0, 0.05) is 18.5 Å². The van der Waals surface area contributed by atoms with Gasteiger partial charge in [0.05, 0.1) is 11.2 Å². The number of hydrogen-bond donors (Lipinski definition) is 0. The fraction of sp³-hybridized carbons (Fsp3) is 0.583. The van der Waals surface area contributed by atoms with Gasteiger partial charge >= 0.3 is 0 Å². The van der Waals surface area contributed by atoms with Crippen LogP contribution in [0, 0.1) is 5.92 Å². The molecule has 0 radical (unpaired) electrons. The Morgan fingerprint density at radius 1 is 1.53 bits per heavy atom. The minimum absolute atomic E-state index is 0.846. The molecule has 0 N–H and O–H groups in total. The van der Waals surface area contributed by atoms with Crippen molar-refractivity contribution >= 4 is 11.3 Å². The van der Waals surface area contributed by atoms with Gasteiger partial charge in [-0.15, -0.1) is 11.3 Å². The summed E-state index contributed by atoms with van der Waals surface area (Å²) in [7, 11) is 2.19. The molecule has 1 aliphatic rings.